The Morgan fingerprint density at radius 3 is 2.47 bits per heavy atom. The topological polar surface area (TPSA) is 49.3 Å². The van der Waals surface area contributed by atoms with Crippen LogP contribution >= 0.6 is 11.6 Å². The van der Waals surface area contributed by atoms with E-state index in [2.05, 4.69) is 5.32 Å². The number of anilines is 1. The van der Waals surface area contributed by atoms with Crippen molar-refractivity contribution in [3.8, 4) is 0 Å². The predicted molar refractivity (Wildman–Crippen MR) is 61.8 cm³/mol. The van der Waals surface area contributed by atoms with E-state index in [0.29, 0.717) is 10.7 Å². The second-order valence-electron chi connectivity index (χ2n) is 4.37. The van der Waals surface area contributed by atoms with Crippen LogP contribution in [0, 0.1) is 0 Å². The number of halogens is 1. The number of carboxylic acid groups (broad SMARTS) is 1. The molecule has 0 aliphatic carbocycles. The molecule has 0 fully saturated rings. The Kier molecular flexibility index (Phi) is 3.25. The Hall–Kier alpha value is -1.22. The van der Waals surface area contributed by atoms with Gasteiger partial charge in [-0.3, -0.25) is 0 Å². The first-order valence-electron chi connectivity index (χ1n) is 4.60. The van der Waals surface area contributed by atoms with E-state index in [1.54, 1.807) is 6.07 Å². The number of carbonyl (C=O) groups is 1. The molecule has 82 valence electrons. The van der Waals surface area contributed by atoms with Crippen LogP contribution in [0.25, 0.3) is 0 Å². The predicted octanol–water partition coefficient (Wildman–Crippen LogP) is 3.25. The molecule has 0 bridgehead atoms. The van der Waals surface area contributed by atoms with Crippen LogP contribution in [0.2, 0.25) is 5.02 Å². The molecule has 3 nitrogen and oxygen atoms in total. The minimum absolute atomic E-state index is 0.152. The van der Waals surface area contributed by atoms with Gasteiger partial charge in [-0.05, 0) is 39.0 Å². The molecule has 0 unspecified atom stereocenters. The molecule has 2 N–H and O–H groups in total. The number of benzene rings is 1. The van der Waals surface area contributed by atoms with Crippen molar-refractivity contribution in [2.75, 3.05) is 5.32 Å². The first-order valence-corrected chi connectivity index (χ1v) is 4.98. The molecule has 0 spiro atoms. The number of aromatic carboxylic acids is 1. The van der Waals surface area contributed by atoms with Crippen molar-refractivity contribution in [2.45, 2.75) is 26.3 Å². The van der Waals surface area contributed by atoms with Gasteiger partial charge >= 0.3 is 5.97 Å². The standard InChI is InChI=1S/C11H14ClNO2/c1-11(2,3)13-9-6-7(10(14)15)4-5-8(9)12/h4-6,13H,1-3H3,(H,14,15). The highest BCUT2D eigenvalue weighted by Gasteiger charge is 2.13. The Labute approximate surface area is 94.1 Å². The summed E-state index contributed by atoms with van der Waals surface area (Å²) in [6, 6.07) is 4.60. The molecular weight excluding hydrogens is 214 g/mol. The lowest BCUT2D eigenvalue weighted by molar-refractivity contribution is 0.0697. The van der Waals surface area contributed by atoms with Gasteiger partial charge in [0.1, 0.15) is 0 Å². The largest absolute Gasteiger partial charge is 0.478 e. The molecule has 0 atom stereocenters. The third-order valence-corrected chi connectivity index (χ3v) is 2.05. The van der Waals surface area contributed by atoms with E-state index >= 15 is 0 Å². The van der Waals surface area contributed by atoms with Crippen LogP contribution in [0.1, 0.15) is 31.1 Å². The maximum atomic E-state index is 10.8. The second kappa shape index (κ2) is 4.11. The zero-order chi connectivity index (χ0) is 11.6. The Morgan fingerprint density at radius 2 is 2.00 bits per heavy atom. The summed E-state index contributed by atoms with van der Waals surface area (Å²) in [5.74, 6) is -0.955. The lowest BCUT2D eigenvalue weighted by Crippen LogP contribution is -2.26. The third-order valence-electron chi connectivity index (χ3n) is 1.72. The van der Waals surface area contributed by atoms with Crippen molar-refractivity contribution >= 4 is 23.3 Å². The maximum absolute atomic E-state index is 10.8. The molecule has 0 heterocycles. The molecule has 0 saturated heterocycles. The van der Waals surface area contributed by atoms with Crippen LogP contribution in [-0.2, 0) is 0 Å². The van der Waals surface area contributed by atoms with E-state index in [9.17, 15) is 4.79 Å². The van der Waals surface area contributed by atoms with Gasteiger partial charge in [0.05, 0.1) is 16.3 Å². The molecule has 1 aromatic carbocycles. The lowest BCUT2D eigenvalue weighted by Gasteiger charge is -2.23. The van der Waals surface area contributed by atoms with Crippen molar-refractivity contribution in [1.82, 2.24) is 0 Å². The van der Waals surface area contributed by atoms with Crippen LogP contribution in [0.15, 0.2) is 18.2 Å². The maximum Gasteiger partial charge on any atom is 0.335 e. The monoisotopic (exact) mass is 227 g/mol. The Morgan fingerprint density at radius 1 is 1.40 bits per heavy atom. The zero-order valence-electron chi connectivity index (χ0n) is 8.97. The summed E-state index contributed by atoms with van der Waals surface area (Å²) < 4.78 is 0. The summed E-state index contributed by atoms with van der Waals surface area (Å²) in [5.41, 5.74) is 0.719. The van der Waals surface area contributed by atoms with Gasteiger partial charge in [-0.25, -0.2) is 4.79 Å². The first-order chi connectivity index (χ1) is 6.79. The van der Waals surface area contributed by atoms with E-state index in [0.717, 1.165) is 0 Å². The van der Waals surface area contributed by atoms with Crippen molar-refractivity contribution < 1.29 is 9.90 Å². The van der Waals surface area contributed by atoms with Crippen LogP contribution in [-0.4, -0.2) is 16.6 Å². The summed E-state index contributed by atoms with van der Waals surface area (Å²) in [4.78, 5) is 10.8. The van der Waals surface area contributed by atoms with Crippen LogP contribution in [0.3, 0.4) is 0 Å². The fraction of sp³-hybridized carbons (Fsp3) is 0.364. The molecule has 4 heteroatoms. The van der Waals surface area contributed by atoms with E-state index < -0.39 is 5.97 Å². The van der Waals surface area contributed by atoms with Crippen molar-refractivity contribution in [3.05, 3.63) is 28.8 Å². The average Bonchev–Trinajstić information content (AvgIpc) is 2.06. The van der Waals surface area contributed by atoms with Crippen LogP contribution in [0.5, 0.6) is 0 Å². The molecule has 0 aromatic heterocycles. The summed E-state index contributed by atoms with van der Waals surface area (Å²) in [5, 5.41) is 12.5. The molecule has 0 aliphatic rings. The van der Waals surface area contributed by atoms with Crippen molar-refractivity contribution in [1.29, 1.82) is 0 Å². The Balaban J connectivity index is 3.06. The number of carboxylic acids is 1. The molecule has 0 saturated carbocycles. The first kappa shape index (κ1) is 11.9. The summed E-state index contributed by atoms with van der Waals surface area (Å²) >= 11 is 5.95. The SMILES string of the molecule is CC(C)(C)Nc1cc(C(=O)O)ccc1Cl. The van der Waals surface area contributed by atoms with Crippen molar-refractivity contribution in [2.24, 2.45) is 0 Å². The lowest BCUT2D eigenvalue weighted by atomic mass is 10.1. The number of rotatable bonds is 2. The van der Waals surface area contributed by atoms with Gasteiger partial charge in [0.2, 0.25) is 0 Å². The van der Waals surface area contributed by atoms with Gasteiger partial charge in [0.25, 0.3) is 0 Å². The molecular formula is C11H14ClNO2. The zero-order valence-corrected chi connectivity index (χ0v) is 9.72. The fourth-order valence-corrected chi connectivity index (χ4v) is 1.32. The second-order valence-corrected chi connectivity index (χ2v) is 4.78. The van der Waals surface area contributed by atoms with Crippen LogP contribution < -0.4 is 5.32 Å². The van der Waals surface area contributed by atoms with Crippen molar-refractivity contribution in [3.63, 3.8) is 0 Å². The highest BCUT2D eigenvalue weighted by molar-refractivity contribution is 6.33. The minimum Gasteiger partial charge on any atom is -0.478 e. The molecule has 0 amide bonds. The number of hydrogen-bond donors (Lipinski definition) is 2. The van der Waals surface area contributed by atoms with E-state index in [1.165, 1.54) is 12.1 Å². The van der Waals surface area contributed by atoms with E-state index in [-0.39, 0.29) is 11.1 Å². The van der Waals surface area contributed by atoms with Gasteiger partial charge in [-0.2, -0.15) is 0 Å². The normalized spacial score (nSPS) is 11.2. The van der Waals surface area contributed by atoms with Gasteiger partial charge < -0.3 is 10.4 Å². The highest BCUT2D eigenvalue weighted by Crippen LogP contribution is 2.25. The highest BCUT2D eigenvalue weighted by atomic mass is 35.5. The minimum atomic E-state index is -0.955. The summed E-state index contributed by atoms with van der Waals surface area (Å²) in [7, 11) is 0. The van der Waals surface area contributed by atoms with E-state index in [4.69, 9.17) is 16.7 Å². The van der Waals surface area contributed by atoms with Gasteiger partial charge in [0, 0.05) is 5.54 Å². The third kappa shape index (κ3) is 3.44. The average molecular weight is 228 g/mol. The molecule has 1 rings (SSSR count). The number of nitrogens with one attached hydrogen (secondary N) is 1. The summed E-state index contributed by atoms with van der Waals surface area (Å²) in [6.45, 7) is 5.95. The smallest absolute Gasteiger partial charge is 0.335 e. The quantitative estimate of drug-likeness (QED) is 0.816. The number of hydrogen-bond acceptors (Lipinski definition) is 2. The van der Waals surface area contributed by atoms with Gasteiger partial charge in [-0.1, -0.05) is 11.6 Å². The van der Waals surface area contributed by atoms with E-state index in [1.807, 2.05) is 20.8 Å². The summed E-state index contributed by atoms with van der Waals surface area (Å²) in [6.07, 6.45) is 0. The fourth-order valence-electron chi connectivity index (χ4n) is 1.16. The molecule has 1 aromatic rings. The molecule has 15 heavy (non-hydrogen) atoms. The van der Waals surface area contributed by atoms with Crippen LogP contribution in [0.4, 0.5) is 5.69 Å². The van der Waals surface area contributed by atoms with Gasteiger partial charge in [0.15, 0.2) is 0 Å². The Bertz CT molecular complexity index is 383. The molecule has 0 aliphatic heterocycles. The van der Waals surface area contributed by atoms with Gasteiger partial charge in [-0.15, -0.1) is 0 Å². The molecule has 0 radical (unpaired) electrons.